The zero-order chi connectivity index (χ0) is 11.5. The van der Waals surface area contributed by atoms with Gasteiger partial charge in [-0.25, -0.2) is 0 Å². The van der Waals surface area contributed by atoms with Crippen LogP contribution in [0.1, 0.15) is 5.56 Å². The monoisotopic (exact) mass is 284 g/mol. The summed E-state index contributed by atoms with van der Waals surface area (Å²) in [6.07, 6.45) is 0. The minimum Gasteiger partial charge on any atom is -0.392 e. The summed E-state index contributed by atoms with van der Waals surface area (Å²) in [4.78, 5) is 13.3. The lowest BCUT2D eigenvalue weighted by molar-refractivity contribution is -0.120. The molecule has 16 heavy (non-hydrogen) atoms. The predicted octanol–water partition coefficient (Wildman–Crippen LogP) is 0.878. The zero-order valence-corrected chi connectivity index (χ0v) is 10.3. The average Bonchev–Trinajstić information content (AvgIpc) is 2.29. The normalized spacial score (nSPS) is 16.1. The van der Waals surface area contributed by atoms with Gasteiger partial charge in [-0.2, -0.15) is 0 Å². The molecule has 1 saturated heterocycles. The highest BCUT2D eigenvalue weighted by Crippen LogP contribution is 2.25. The van der Waals surface area contributed by atoms with Crippen molar-refractivity contribution in [3.05, 3.63) is 28.2 Å². The number of carbonyl (C=O) groups is 1. The lowest BCUT2D eigenvalue weighted by Crippen LogP contribution is -2.48. The van der Waals surface area contributed by atoms with E-state index in [0.29, 0.717) is 13.1 Å². The second-order valence-electron chi connectivity index (χ2n) is 3.70. The number of rotatable bonds is 2. The summed E-state index contributed by atoms with van der Waals surface area (Å²) in [6, 6.07) is 5.69. The fourth-order valence-corrected chi connectivity index (χ4v) is 2.16. The third-order valence-electron chi connectivity index (χ3n) is 2.60. The molecule has 1 heterocycles. The number of anilines is 1. The Hall–Kier alpha value is -1.07. The Morgan fingerprint density at radius 2 is 2.31 bits per heavy atom. The number of halogens is 1. The van der Waals surface area contributed by atoms with Gasteiger partial charge in [-0.15, -0.1) is 0 Å². The second-order valence-corrected chi connectivity index (χ2v) is 4.62. The van der Waals surface area contributed by atoms with E-state index in [0.717, 1.165) is 22.3 Å². The topological polar surface area (TPSA) is 52.6 Å². The van der Waals surface area contributed by atoms with Crippen molar-refractivity contribution in [3.63, 3.8) is 0 Å². The summed E-state index contributed by atoms with van der Waals surface area (Å²) in [5.41, 5.74) is 1.77. The lowest BCUT2D eigenvalue weighted by Gasteiger charge is -2.30. The standard InChI is InChI=1S/C11H13BrN2O2/c12-9-2-1-8(7-15)10(5-9)14-4-3-13-11(16)6-14/h1-2,5,15H,3-4,6-7H2,(H,13,16). The van der Waals surface area contributed by atoms with E-state index >= 15 is 0 Å². The van der Waals surface area contributed by atoms with Crippen molar-refractivity contribution >= 4 is 27.5 Å². The molecule has 0 radical (unpaired) electrons. The number of hydrogen-bond acceptors (Lipinski definition) is 3. The van der Waals surface area contributed by atoms with Crippen LogP contribution in [-0.4, -0.2) is 30.6 Å². The number of hydrogen-bond donors (Lipinski definition) is 2. The molecule has 0 bridgehead atoms. The van der Waals surface area contributed by atoms with Gasteiger partial charge in [0.1, 0.15) is 0 Å². The average molecular weight is 285 g/mol. The maximum atomic E-state index is 11.3. The summed E-state index contributed by atoms with van der Waals surface area (Å²) in [7, 11) is 0. The molecule has 1 fully saturated rings. The van der Waals surface area contributed by atoms with E-state index in [-0.39, 0.29) is 12.5 Å². The van der Waals surface area contributed by atoms with Gasteiger partial charge in [0.25, 0.3) is 0 Å². The number of aliphatic hydroxyl groups is 1. The van der Waals surface area contributed by atoms with Crippen molar-refractivity contribution in [2.24, 2.45) is 0 Å². The van der Waals surface area contributed by atoms with Crippen LogP contribution in [-0.2, 0) is 11.4 Å². The van der Waals surface area contributed by atoms with Gasteiger partial charge in [0.2, 0.25) is 5.91 Å². The van der Waals surface area contributed by atoms with E-state index in [4.69, 9.17) is 0 Å². The molecule has 0 atom stereocenters. The van der Waals surface area contributed by atoms with Crippen LogP contribution in [0.15, 0.2) is 22.7 Å². The number of nitrogens with zero attached hydrogens (tertiary/aromatic N) is 1. The van der Waals surface area contributed by atoms with Crippen molar-refractivity contribution in [2.45, 2.75) is 6.61 Å². The van der Waals surface area contributed by atoms with E-state index in [1.807, 2.05) is 23.1 Å². The molecule has 0 saturated carbocycles. The third-order valence-corrected chi connectivity index (χ3v) is 3.09. The van der Waals surface area contributed by atoms with Crippen LogP contribution in [0.3, 0.4) is 0 Å². The van der Waals surface area contributed by atoms with Gasteiger partial charge < -0.3 is 15.3 Å². The number of aliphatic hydroxyl groups excluding tert-OH is 1. The first-order valence-electron chi connectivity index (χ1n) is 5.11. The van der Waals surface area contributed by atoms with E-state index in [1.165, 1.54) is 0 Å². The van der Waals surface area contributed by atoms with E-state index in [9.17, 15) is 9.90 Å². The molecule has 1 aromatic carbocycles. The molecule has 5 heteroatoms. The molecule has 1 aliphatic heterocycles. The Kier molecular flexibility index (Phi) is 3.46. The van der Waals surface area contributed by atoms with Gasteiger partial charge in [-0.3, -0.25) is 4.79 Å². The molecule has 2 N–H and O–H groups in total. The van der Waals surface area contributed by atoms with E-state index in [1.54, 1.807) is 0 Å². The van der Waals surface area contributed by atoms with Crippen molar-refractivity contribution in [1.29, 1.82) is 0 Å². The van der Waals surface area contributed by atoms with Gasteiger partial charge in [-0.05, 0) is 12.1 Å². The number of carbonyl (C=O) groups excluding carboxylic acids is 1. The minimum atomic E-state index is -0.0132. The van der Waals surface area contributed by atoms with Crippen LogP contribution in [0.25, 0.3) is 0 Å². The molecular weight excluding hydrogens is 272 g/mol. The third kappa shape index (κ3) is 2.36. The maximum Gasteiger partial charge on any atom is 0.239 e. The molecule has 1 aromatic rings. The highest BCUT2D eigenvalue weighted by atomic mass is 79.9. The van der Waals surface area contributed by atoms with E-state index < -0.39 is 0 Å². The van der Waals surface area contributed by atoms with Crippen LogP contribution < -0.4 is 10.2 Å². The van der Waals surface area contributed by atoms with Crippen LogP contribution in [0, 0.1) is 0 Å². The Morgan fingerprint density at radius 3 is 3.00 bits per heavy atom. The summed E-state index contributed by atoms with van der Waals surface area (Å²) in [5.74, 6) is 0.0233. The molecule has 0 spiro atoms. The molecule has 0 aromatic heterocycles. The molecule has 2 rings (SSSR count). The summed E-state index contributed by atoms with van der Waals surface area (Å²) >= 11 is 3.40. The fraction of sp³-hybridized carbons (Fsp3) is 0.364. The highest BCUT2D eigenvalue weighted by Gasteiger charge is 2.18. The van der Waals surface area contributed by atoms with Crippen molar-refractivity contribution in [2.75, 3.05) is 24.5 Å². The SMILES string of the molecule is O=C1CN(c2cc(Br)ccc2CO)CCN1. The Morgan fingerprint density at radius 1 is 1.50 bits per heavy atom. The van der Waals surface area contributed by atoms with Crippen molar-refractivity contribution in [1.82, 2.24) is 5.32 Å². The number of benzene rings is 1. The molecule has 0 aliphatic carbocycles. The zero-order valence-electron chi connectivity index (χ0n) is 8.74. The maximum absolute atomic E-state index is 11.3. The molecule has 1 aliphatic rings. The number of nitrogens with one attached hydrogen (secondary N) is 1. The Balaban J connectivity index is 2.30. The van der Waals surface area contributed by atoms with Crippen LogP contribution in [0.4, 0.5) is 5.69 Å². The summed E-state index contributed by atoms with van der Waals surface area (Å²) in [6.45, 7) is 1.76. The predicted molar refractivity (Wildman–Crippen MR) is 65.3 cm³/mol. The first-order valence-corrected chi connectivity index (χ1v) is 5.91. The second kappa shape index (κ2) is 4.84. The van der Waals surface area contributed by atoms with Gasteiger partial charge in [0.05, 0.1) is 13.2 Å². The number of amides is 1. The lowest BCUT2D eigenvalue weighted by atomic mass is 10.1. The minimum absolute atomic E-state index is 0.0132. The fourth-order valence-electron chi connectivity index (χ4n) is 1.81. The molecule has 4 nitrogen and oxygen atoms in total. The Labute approximate surface area is 102 Å². The van der Waals surface area contributed by atoms with E-state index in [2.05, 4.69) is 21.2 Å². The van der Waals surface area contributed by atoms with Crippen LogP contribution >= 0.6 is 15.9 Å². The highest BCUT2D eigenvalue weighted by molar-refractivity contribution is 9.10. The molecule has 86 valence electrons. The molecule has 1 amide bonds. The smallest absolute Gasteiger partial charge is 0.239 e. The van der Waals surface area contributed by atoms with Crippen LogP contribution in [0.5, 0.6) is 0 Å². The molecule has 0 unspecified atom stereocenters. The molecular formula is C11H13BrN2O2. The van der Waals surface area contributed by atoms with Gasteiger partial charge in [-0.1, -0.05) is 22.0 Å². The van der Waals surface area contributed by atoms with Crippen molar-refractivity contribution < 1.29 is 9.90 Å². The quantitative estimate of drug-likeness (QED) is 0.848. The van der Waals surface area contributed by atoms with Gasteiger partial charge in [0, 0.05) is 28.8 Å². The van der Waals surface area contributed by atoms with Crippen LogP contribution in [0.2, 0.25) is 0 Å². The number of piperazine rings is 1. The van der Waals surface area contributed by atoms with Gasteiger partial charge in [0.15, 0.2) is 0 Å². The van der Waals surface area contributed by atoms with Gasteiger partial charge >= 0.3 is 0 Å². The summed E-state index contributed by atoms with van der Waals surface area (Å²) in [5, 5.41) is 12.0. The first-order chi connectivity index (χ1) is 7.70. The van der Waals surface area contributed by atoms with Crippen molar-refractivity contribution in [3.8, 4) is 0 Å². The Bertz CT molecular complexity index is 409. The summed E-state index contributed by atoms with van der Waals surface area (Å²) < 4.78 is 0.950. The largest absolute Gasteiger partial charge is 0.392 e. The first kappa shape index (κ1) is 11.4.